The Hall–Kier alpha value is -1.11. The highest BCUT2D eigenvalue weighted by molar-refractivity contribution is 4.84. The number of nitrogens with zero attached hydrogens (tertiary/aromatic N) is 3. The second-order valence-corrected chi connectivity index (χ2v) is 26.3. The third-order valence-electron chi connectivity index (χ3n) is 13.3. The van der Waals surface area contributed by atoms with Crippen molar-refractivity contribution < 1.29 is 23.7 Å². The molecule has 0 amide bonds. The number of likely N-dealkylation sites (tertiary alicyclic amines) is 1. The molecule has 10 nitrogen and oxygen atoms in total. The Morgan fingerprint density at radius 1 is 0.393 bits per heavy atom. The zero-order chi connectivity index (χ0) is 67.9. The molecule has 0 bridgehead atoms. The summed E-state index contributed by atoms with van der Waals surface area (Å²) in [6.07, 6.45) is 14.3. The molecular weight excluding hydrogens is 1040 g/mol. The number of hydrogen-bond acceptors (Lipinski definition) is 9. The third-order valence-corrected chi connectivity index (χ3v) is 13.3. The number of piperidine rings is 1. The topological polar surface area (TPSA) is 91.3 Å². The molecule has 8 rings (SSSR count). The van der Waals surface area contributed by atoms with Crippen molar-refractivity contribution in [2.75, 3.05) is 105 Å². The van der Waals surface area contributed by atoms with E-state index in [4.69, 9.17) is 23.7 Å². The summed E-state index contributed by atoms with van der Waals surface area (Å²) >= 11 is 0. The number of hydrogen-bond donors (Lipinski definition) is 2. The van der Waals surface area contributed by atoms with Gasteiger partial charge in [-0.2, -0.15) is 5.10 Å². The number of rotatable bonds is 0. The molecule has 8 heterocycles. The molecule has 7 saturated heterocycles. The average molecular weight is 1210 g/mol. The van der Waals surface area contributed by atoms with Crippen molar-refractivity contribution in [2.24, 2.45) is 51.8 Å². The standard InChI is InChI=1S/C9H19N.C9H18O.C8H17N.C7H12N2.C7H14O.2C5H10O.C4H9NO.C4H10.8C2H6/c2*1-9(2,3)8-4-6-10-7-5-8;1-8(2,3)9-6-4-5-7-9;1-7(2,3)9-6-4-5-8-9;1-7(2,3)6-4-8-5-6;2*1-5-2-3-6-4-5;1-3-6-4-2-5-1;1-4(2)3;8*1-2/h8,10H,4-7H2,1-3H3;8H,4-7H2,1-3H3;4-7H2,1-3H3;4-6H,1-3H3;6H,4-5H2,1-3H3;2*5H,2-4H2,1H3;5H,1-4H2;4H,1-3H3;8*1-2H3/t;;;;;2*5-;;;;;;;;;;/m.....10........../s1. The predicted octanol–water partition coefficient (Wildman–Crippen LogP) is 21.3. The first-order chi connectivity index (χ1) is 39.5. The Kier molecular flexibility index (Phi) is 84.1. The van der Waals surface area contributed by atoms with Crippen LogP contribution in [0, 0.1) is 51.8 Å². The van der Waals surface area contributed by atoms with Crippen LogP contribution < -0.4 is 10.6 Å². The van der Waals surface area contributed by atoms with Crippen LogP contribution in [0.15, 0.2) is 18.5 Å². The van der Waals surface area contributed by atoms with E-state index in [0.29, 0.717) is 21.8 Å². The normalized spacial score (nSPS) is 19.1. The van der Waals surface area contributed by atoms with E-state index in [0.717, 1.165) is 115 Å². The van der Waals surface area contributed by atoms with Crippen LogP contribution in [-0.4, -0.2) is 126 Å². The molecule has 7 fully saturated rings. The average Bonchev–Trinajstić information content (AvgIpc) is 4.36. The van der Waals surface area contributed by atoms with Crippen molar-refractivity contribution in [3.63, 3.8) is 0 Å². The van der Waals surface area contributed by atoms with E-state index in [9.17, 15) is 0 Å². The van der Waals surface area contributed by atoms with Gasteiger partial charge in [0, 0.05) is 76.6 Å². The van der Waals surface area contributed by atoms with Gasteiger partial charge in [0.25, 0.3) is 0 Å². The first-order valence-electron chi connectivity index (χ1n) is 35.6. The van der Waals surface area contributed by atoms with Crippen molar-refractivity contribution in [1.82, 2.24) is 25.3 Å². The smallest absolute Gasteiger partial charge is 0.0591 e. The molecule has 2 atom stereocenters. The summed E-state index contributed by atoms with van der Waals surface area (Å²) in [6, 6.07) is 1.94. The minimum atomic E-state index is 0.128. The lowest BCUT2D eigenvalue weighted by atomic mass is 9.76. The van der Waals surface area contributed by atoms with Crippen LogP contribution in [0.1, 0.15) is 301 Å². The van der Waals surface area contributed by atoms with Crippen molar-refractivity contribution in [1.29, 1.82) is 0 Å². The van der Waals surface area contributed by atoms with Gasteiger partial charge in [0.1, 0.15) is 0 Å². The molecule has 0 saturated carbocycles. The molecular formula is C74H167N5O5. The number of morpholine rings is 1. The highest BCUT2D eigenvalue weighted by Gasteiger charge is 2.31. The maximum Gasteiger partial charge on any atom is 0.0591 e. The monoisotopic (exact) mass is 1210 g/mol. The molecule has 7 aliphatic rings. The van der Waals surface area contributed by atoms with Gasteiger partial charge >= 0.3 is 0 Å². The molecule has 84 heavy (non-hydrogen) atoms. The van der Waals surface area contributed by atoms with Crippen LogP contribution in [0.4, 0.5) is 0 Å². The summed E-state index contributed by atoms with van der Waals surface area (Å²) in [5.74, 6) is 5.10. The van der Waals surface area contributed by atoms with Crippen LogP contribution in [0.3, 0.4) is 0 Å². The maximum atomic E-state index is 5.29. The molecule has 0 spiro atoms. The first kappa shape index (κ1) is 102. The van der Waals surface area contributed by atoms with Crippen LogP contribution in [0.5, 0.6) is 0 Å². The van der Waals surface area contributed by atoms with E-state index >= 15 is 0 Å². The molecule has 0 radical (unpaired) electrons. The molecule has 2 N–H and O–H groups in total. The molecule has 518 valence electrons. The third kappa shape index (κ3) is 71.6. The first-order valence-corrected chi connectivity index (χ1v) is 35.6. The number of nitrogens with one attached hydrogen (secondary N) is 2. The molecule has 1 aromatic heterocycles. The minimum Gasteiger partial charge on any atom is -0.381 e. The van der Waals surface area contributed by atoms with Gasteiger partial charge in [-0.1, -0.05) is 208 Å². The molecule has 0 unspecified atom stereocenters. The zero-order valence-electron chi connectivity index (χ0n) is 65.0. The summed E-state index contributed by atoms with van der Waals surface area (Å²) in [5, 5.41) is 10.7. The van der Waals surface area contributed by atoms with Gasteiger partial charge in [-0.05, 0) is 171 Å². The van der Waals surface area contributed by atoms with Crippen molar-refractivity contribution in [3.8, 4) is 0 Å². The SMILES string of the molecule is C1COCCN1.CC.CC.CC.CC.CC.CC.CC.CC.CC(C)(C)C1CCNCC1.CC(C)(C)C1CCOCC1.CC(C)(C)C1COC1.CC(C)(C)N1CCCC1.CC(C)(C)n1cccn1.CC(C)C.C[C@@H]1CCOC1.C[C@H]1CCOC1. The maximum absolute atomic E-state index is 5.29. The fourth-order valence-electron chi connectivity index (χ4n) is 7.86. The molecule has 0 aliphatic carbocycles. The van der Waals surface area contributed by atoms with Crippen LogP contribution in [-0.2, 0) is 29.2 Å². The van der Waals surface area contributed by atoms with Crippen molar-refractivity contribution in [2.45, 2.75) is 312 Å². The molecule has 1 aromatic rings. The van der Waals surface area contributed by atoms with Crippen molar-refractivity contribution >= 4 is 0 Å². The summed E-state index contributed by atoms with van der Waals surface area (Å²) in [4.78, 5) is 2.55. The Morgan fingerprint density at radius 2 is 0.714 bits per heavy atom. The van der Waals surface area contributed by atoms with Gasteiger partial charge in [0.15, 0.2) is 0 Å². The molecule has 10 heteroatoms. The number of ether oxygens (including phenoxy) is 5. The second kappa shape index (κ2) is 69.4. The quantitative estimate of drug-likeness (QED) is 0.264. The largest absolute Gasteiger partial charge is 0.381 e. The fraction of sp³-hybridized carbons (Fsp3) is 0.959. The van der Waals surface area contributed by atoms with E-state index in [1.807, 2.05) is 128 Å². The molecule has 0 aromatic carbocycles. The summed E-state index contributed by atoms with van der Waals surface area (Å²) in [5.41, 5.74) is 2.03. The second-order valence-electron chi connectivity index (χ2n) is 26.3. The predicted molar refractivity (Wildman–Crippen MR) is 384 cm³/mol. The van der Waals surface area contributed by atoms with E-state index in [1.165, 1.54) is 77.5 Å². The van der Waals surface area contributed by atoms with Gasteiger partial charge < -0.3 is 34.3 Å². The Labute approximate surface area is 533 Å². The zero-order valence-corrected chi connectivity index (χ0v) is 65.0. The Morgan fingerprint density at radius 3 is 0.857 bits per heavy atom. The van der Waals surface area contributed by atoms with Gasteiger partial charge in [-0.15, -0.1) is 0 Å². The van der Waals surface area contributed by atoms with Crippen LogP contribution >= 0.6 is 0 Å². The summed E-state index contributed by atoms with van der Waals surface area (Å²) in [6.45, 7) is 93.7. The lowest BCUT2D eigenvalue weighted by molar-refractivity contribution is -0.0821. The lowest BCUT2D eigenvalue weighted by Crippen LogP contribution is -2.38. The highest BCUT2D eigenvalue weighted by Crippen LogP contribution is 2.34. The number of aromatic nitrogens is 2. The summed E-state index contributed by atoms with van der Waals surface area (Å²) < 4.78 is 27.4. The van der Waals surface area contributed by atoms with Gasteiger partial charge in [-0.25, -0.2) is 0 Å². The van der Waals surface area contributed by atoms with Crippen molar-refractivity contribution in [3.05, 3.63) is 18.5 Å². The van der Waals surface area contributed by atoms with Crippen LogP contribution in [0.2, 0.25) is 0 Å². The van der Waals surface area contributed by atoms with Crippen LogP contribution in [0.25, 0.3) is 0 Å². The highest BCUT2D eigenvalue weighted by atomic mass is 16.5. The molecule has 7 aliphatic heterocycles. The van der Waals surface area contributed by atoms with Gasteiger partial charge in [-0.3, -0.25) is 9.58 Å². The Bertz CT molecular complexity index is 1180. The van der Waals surface area contributed by atoms with Gasteiger partial charge in [0.05, 0.1) is 32.0 Å². The van der Waals surface area contributed by atoms with E-state index in [-0.39, 0.29) is 5.54 Å². The minimum absolute atomic E-state index is 0.128. The Balaban J connectivity index is -0.000000105. The van der Waals surface area contributed by atoms with E-state index in [2.05, 4.69) is 159 Å². The van der Waals surface area contributed by atoms with E-state index in [1.54, 1.807) is 6.20 Å². The fourth-order valence-corrected chi connectivity index (χ4v) is 7.86. The van der Waals surface area contributed by atoms with Gasteiger partial charge in [0.2, 0.25) is 0 Å². The van der Waals surface area contributed by atoms with E-state index < -0.39 is 0 Å². The summed E-state index contributed by atoms with van der Waals surface area (Å²) in [7, 11) is 0. The lowest BCUT2D eigenvalue weighted by Gasteiger charge is -2.37.